The predicted molar refractivity (Wildman–Crippen MR) is 108 cm³/mol. The zero-order valence-electron chi connectivity index (χ0n) is 15.5. The molecule has 0 saturated heterocycles. The molecule has 0 amide bonds. The molecule has 4 aromatic rings. The van der Waals surface area contributed by atoms with Crippen LogP contribution in [0.4, 0.5) is 5.82 Å². The second kappa shape index (κ2) is 7.53. The van der Waals surface area contributed by atoms with E-state index in [1.165, 1.54) is 0 Å². The summed E-state index contributed by atoms with van der Waals surface area (Å²) < 4.78 is 0. The first kappa shape index (κ1) is 17.1. The van der Waals surface area contributed by atoms with Crippen LogP contribution >= 0.6 is 0 Å². The van der Waals surface area contributed by atoms with Crippen LogP contribution in [0.3, 0.4) is 0 Å². The molecule has 3 aromatic heterocycles. The van der Waals surface area contributed by atoms with Gasteiger partial charge in [0.15, 0.2) is 5.82 Å². The third-order valence-electron chi connectivity index (χ3n) is 4.63. The molecular formula is C21H22N6. The molecule has 0 aliphatic heterocycles. The molecule has 0 fully saturated rings. The highest BCUT2D eigenvalue weighted by Crippen LogP contribution is 2.21. The largest absolute Gasteiger partial charge is 0.370 e. The second-order valence-electron chi connectivity index (χ2n) is 6.58. The Morgan fingerprint density at radius 2 is 1.89 bits per heavy atom. The fourth-order valence-electron chi connectivity index (χ4n) is 3.01. The molecule has 2 N–H and O–H groups in total. The van der Waals surface area contributed by atoms with Crippen molar-refractivity contribution < 1.29 is 0 Å². The van der Waals surface area contributed by atoms with Crippen molar-refractivity contribution in [2.45, 2.75) is 26.7 Å². The van der Waals surface area contributed by atoms with E-state index in [-0.39, 0.29) is 0 Å². The van der Waals surface area contributed by atoms with Crippen molar-refractivity contribution in [1.29, 1.82) is 0 Å². The monoisotopic (exact) mass is 358 g/mol. The summed E-state index contributed by atoms with van der Waals surface area (Å²) in [6.07, 6.45) is 5.39. The van der Waals surface area contributed by atoms with Crippen LogP contribution in [0.2, 0.25) is 0 Å². The molecule has 3 heterocycles. The van der Waals surface area contributed by atoms with E-state index in [2.05, 4.69) is 31.3 Å². The zero-order valence-corrected chi connectivity index (χ0v) is 15.5. The minimum Gasteiger partial charge on any atom is -0.370 e. The predicted octanol–water partition coefficient (Wildman–Crippen LogP) is 4.08. The Bertz CT molecular complexity index is 1020. The lowest BCUT2D eigenvalue weighted by molar-refractivity contribution is 0.815. The van der Waals surface area contributed by atoms with Crippen LogP contribution in [0.1, 0.15) is 23.5 Å². The van der Waals surface area contributed by atoms with Gasteiger partial charge in [-0.25, -0.2) is 15.0 Å². The van der Waals surface area contributed by atoms with Crippen molar-refractivity contribution >= 4 is 16.9 Å². The average molecular weight is 358 g/mol. The molecule has 4 rings (SSSR count). The van der Waals surface area contributed by atoms with Crippen LogP contribution in [-0.2, 0) is 6.42 Å². The van der Waals surface area contributed by atoms with Crippen LogP contribution in [0.15, 0.2) is 48.8 Å². The molecule has 0 aliphatic rings. The van der Waals surface area contributed by atoms with Crippen molar-refractivity contribution in [1.82, 2.24) is 24.9 Å². The standard InChI is InChI=1S/C21H22N6/c1-14-15(2)24-21(16-7-5-11-22-13-16)27-20(14)23-12-6-10-19-25-17-8-3-4-9-18(17)26-19/h3-5,7-9,11,13H,6,10,12H2,1-2H3,(H,25,26)(H,23,24,27). The van der Waals surface area contributed by atoms with E-state index in [4.69, 9.17) is 4.98 Å². The highest BCUT2D eigenvalue weighted by Gasteiger charge is 2.10. The molecule has 136 valence electrons. The molecule has 0 atom stereocenters. The maximum Gasteiger partial charge on any atom is 0.163 e. The fraction of sp³-hybridized carbons (Fsp3) is 0.238. The van der Waals surface area contributed by atoms with Crippen LogP contribution in [0.25, 0.3) is 22.4 Å². The summed E-state index contributed by atoms with van der Waals surface area (Å²) in [5, 5.41) is 3.45. The number of fused-ring (bicyclic) bond motifs is 1. The van der Waals surface area contributed by atoms with Crippen LogP contribution in [0.5, 0.6) is 0 Å². The van der Waals surface area contributed by atoms with Crippen molar-refractivity contribution in [2.24, 2.45) is 0 Å². The molecule has 6 heteroatoms. The smallest absolute Gasteiger partial charge is 0.163 e. The van der Waals surface area contributed by atoms with Gasteiger partial charge in [0, 0.05) is 42.2 Å². The van der Waals surface area contributed by atoms with Crippen molar-refractivity contribution in [3.63, 3.8) is 0 Å². The fourth-order valence-corrected chi connectivity index (χ4v) is 3.01. The number of nitrogens with zero attached hydrogens (tertiary/aromatic N) is 4. The number of rotatable bonds is 6. The van der Waals surface area contributed by atoms with Gasteiger partial charge in [-0.15, -0.1) is 0 Å². The maximum atomic E-state index is 4.70. The first-order valence-electron chi connectivity index (χ1n) is 9.14. The van der Waals surface area contributed by atoms with Gasteiger partial charge >= 0.3 is 0 Å². The highest BCUT2D eigenvalue weighted by atomic mass is 15.0. The Balaban J connectivity index is 1.42. The van der Waals surface area contributed by atoms with Gasteiger partial charge in [0.1, 0.15) is 11.6 Å². The maximum absolute atomic E-state index is 4.70. The molecule has 0 bridgehead atoms. The highest BCUT2D eigenvalue weighted by molar-refractivity contribution is 5.74. The molecule has 6 nitrogen and oxygen atoms in total. The third-order valence-corrected chi connectivity index (χ3v) is 4.63. The number of para-hydroxylation sites is 2. The quantitative estimate of drug-likeness (QED) is 0.508. The first-order valence-corrected chi connectivity index (χ1v) is 9.14. The van der Waals surface area contributed by atoms with E-state index in [1.807, 2.05) is 44.2 Å². The SMILES string of the molecule is Cc1nc(-c2cccnc2)nc(NCCCc2nc3ccccc3[nH]2)c1C. The van der Waals surface area contributed by atoms with E-state index in [0.717, 1.165) is 58.9 Å². The Hall–Kier alpha value is -3.28. The van der Waals surface area contributed by atoms with E-state index >= 15 is 0 Å². The summed E-state index contributed by atoms with van der Waals surface area (Å²) in [7, 11) is 0. The number of hydrogen-bond donors (Lipinski definition) is 2. The molecule has 0 radical (unpaired) electrons. The van der Waals surface area contributed by atoms with E-state index in [1.54, 1.807) is 12.4 Å². The van der Waals surface area contributed by atoms with Gasteiger partial charge in [-0.2, -0.15) is 0 Å². The van der Waals surface area contributed by atoms with Crippen LogP contribution < -0.4 is 5.32 Å². The van der Waals surface area contributed by atoms with Gasteiger partial charge < -0.3 is 10.3 Å². The summed E-state index contributed by atoms with van der Waals surface area (Å²) >= 11 is 0. The van der Waals surface area contributed by atoms with E-state index in [0.29, 0.717) is 5.82 Å². The minimum atomic E-state index is 0.700. The summed E-state index contributed by atoms with van der Waals surface area (Å²) in [5.74, 6) is 2.60. The zero-order chi connectivity index (χ0) is 18.6. The minimum absolute atomic E-state index is 0.700. The summed E-state index contributed by atoms with van der Waals surface area (Å²) in [6.45, 7) is 4.88. The van der Waals surface area contributed by atoms with Crippen molar-refractivity contribution in [2.75, 3.05) is 11.9 Å². The lowest BCUT2D eigenvalue weighted by Crippen LogP contribution is -2.09. The Morgan fingerprint density at radius 1 is 1.00 bits per heavy atom. The van der Waals surface area contributed by atoms with Crippen molar-refractivity contribution in [3.8, 4) is 11.4 Å². The molecule has 27 heavy (non-hydrogen) atoms. The summed E-state index contributed by atoms with van der Waals surface area (Å²) in [5.41, 5.74) is 5.08. The molecule has 0 aliphatic carbocycles. The number of aryl methyl sites for hydroxylation is 2. The second-order valence-corrected chi connectivity index (χ2v) is 6.58. The van der Waals surface area contributed by atoms with Crippen LogP contribution in [-0.4, -0.2) is 31.5 Å². The van der Waals surface area contributed by atoms with Gasteiger partial charge in [-0.1, -0.05) is 12.1 Å². The Kier molecular flexibility index (Phi) is 4.78. The molecule has 0 unspecified atom stereocenters. The third kappa shape index (κ3) is 3.79. The molecule has 0 saturated carbocycles. The summed E-state index contributed by atoms with van der Waals surface area (Å²) in [4.78, 5) is 21.5. The van der Waals surface area contributed by atoms with Crippen molar-refractivity contribution in [3.05, 3.63) is 65.9 Å². The van der Waals surface area contributed by atoms with Gasteiger partial charge in [-0.05, 0) is 44.5 Å². The van der Waals surface area contributed by atoms with E-state index in [9.17, 15) is 0 Å². The van der Waals surface area contributed by atoms with Gasteiger partial charge in [0.05, 0.1) is 11.0 Å². The lowest BCUT2D eigenvalue weighted by atomic mass is 10.2. The number of imidazole rings is 1. The number of anilines is 1. The number of nitrogens with one attached hydrogen (secondary N) is 2. The average Bonchev–Trinajstić information content (AvgIpc) is 3.11. The van der Waals surface area contributed by atoms with Gasteiger partial charge in [0.2, 0.25) is 0 Å². The van der Waals surface area contributed by atoms with Gasteiger partial charge in [-0.3, -0.25) is 4.98 Å². The molecular weight excluding hydrogens is 336 g/mol. The number of pyridine rings is 1. The van der Waals surface area contributed by atoms with Gasteiger partial charge in [0.25, 0.3) is 0 Å². The topological polar surface area (TPSA) is 79.4 Å². The molecule has 1 aromatic carbocycles. The molecule has 0 spiro atoms. The summed E-state index contributed by atoms with van der Waals surface area (Å²) in [6, 6.07) is 12.0. The lowest BCUT2D eigenvalue weighted by Gasteiger charge is -2.12. The van der Waals surface area contributed by atoms with Crippen LogP contribution in [0, 0.1) is 13.8 Å². The number of H-pyrrole nitrogens is 1. The first-order chi connectivity index (χ1) is 13.2. The number of hydrogen-bond acceptors (Lipinski definition) is 5. The number of aromatic nitrogens is 5. The number of benzene rings is 1. The Morgan fingerprint density at radius 3 is 2.70 bits per heavy atom. The normalized spacial score (nSPS) is 11.0. The van der Waals surface area contributed by atoms with E-state index < -0.39 is 0 Å². The number of aromatic amines is 1. The Labute approximate surface area is 158 Å².